The van der Waals surface area contributed by atoms with Gasteiger partial charge in [-0.15, -0.1) is 0 Å². The minimum atomic E-state index is -1.59. The smallest absolute Gasteiger partial charge is 0.232 e. The van der Waals surface area contributed by atoms with Crippen LogP contribution in [0.2, 0.25) is 0 Å². The Bertz CT molecular complexity index is 565. The maximum atomic E-state index is 10.5. The van der Waals surface area contributed by atoms with Gasteiger partial charge in [-0.2, -0.15) is 0 Å². The van der Waals surface area contributed by atoms with E-state index in [9.17, 15) is 20.4 Å². The molecule has 1 aromatic carbocycles. The van der Waals surface area contributed by atoms with Crippen LogP contribution >= 0.6 is 0 Å². The molecule has 0 amide bonds. The maximum absolute atomic E-state index is 10.5. The van der Waals surface area contributed by atoms with Crippen LogP contribution in [0.5, 0.6) is 5.75 Å². The Hall–Kier alpha value is -1.26. The molecule has 0 spiro atoms. The Morgan fingerprint density at radius 2 is 1.88 bits per heavy atom. The first kappa shape index (κ1) is 17.6. The highest BCUT2D eigenvalue weighted by Crippen LogP contribution is 2.32. The normalized spacial score (nSPS) is 39.1. The van der Waals surface area contributed by atoms with Crippen LogP contribution in [-0.4, -0.2) is 75.2 Å². The highest BCUT2D eigenvalue weighted by molar-refractivity contribution is 5.35. The summed E-state index contributed by atoms with van der Waals surface area (Å²) in [4.78, 5) is 0. The third-order valence-corrected chi connectivity index (χ3v) is 4.38. The van der Waals surface area contributed by atoms with Crippen LogP contribution in [-0.2, 0) is 15.9 Å². The molecule has 6 atom stereocenters. The van der Waals surface area contributed by atoms with Crippen molar-refractivity contribution in [2.24, 2.45) is 0 Å². The number of aryl methyl sites for hydroxylation is 1. The summed E-state index contributed by atoms with van der Waals surface area (Å²) >= 11 is 0. The Morgan fingerprint density at radius 3 is 2.62 bits per heavy atom. The molecule has 0 aromatic heterocycles. The summed E-state index contributed by atoms with van der Waals surface area (Å²) in [5.74, 6) is -1.03. The van der Waals surface area contributed by atoms with E-state index in [0.717, 1.165) is 5.56 Å². The average Bonchev–Trinajstić information content (AvgIpc) is 2.59. The molecule has 24 heavy (non-hydrogen) atoms. The van der Waals surface area contributed by atoms with Gasteiger partial charge >= 0.3 is 0 Å². The lowest BCUT2D eigenvalue weighted by Crippen LogP contribution is -2.60. The molecular weight excluding hydrogens is 320 g/mol. The van der Waals surface area contributed by atoms with Crippen molar-refractivity contribution in [1.82, 2.24) is 0 Å². The van der Waals surface area contributed by atoms with E-state index in [1.807, 2.05) is 12.1 Å². The lowest BCUT2D eigenvalue weighted by atomic mass is 9.99. The molecule has 1 unspecified atom stereocenters. The molecule has 134 valence electrons. The van der Waals surface area contributed by atoms with Crippen molar-refractivity contribution in [3.8, 4) is 5.75 Å². The number of aliphatic hydroxyl groups is 5. The molecule has 2 aliphatic rings. The molecule has 0 radical (unpaired) electrons. The number of fused-ring (bicyclic) bond motifs is 1. The molecule has 0 aliphatic carbocycles. The van der Waals surface area contributed by atoms with Crippen LogP contribution in [0, 0.1) is 0 Å². The molecule has 0 saturated carbocycles. The summed E-state index contributed by atoms with van der Waals surface area (Å²) in [7, 11) is 0. The lowest BCUT2D eigenvalue weighted by Gasteiger charge is -2.41. The Labute approximate surface area is 138 Å². The highest BCUT2D eigenvalue weighted by atomic mass is 16.7. The van der Waals surface area contributed by atoms with Gasteiger partial charge in [0.05, 0.1) is 6.61 Å². The van der Waals surface area contributed by atoms with Crippen LogP contribution in [0.4, 0.5) is 0 Å². The number of aliphatic hydroxyl groups excluding tert-OH is 4. The van der Waals surface area contributed by atoms with Gasteiger partial charge in [-0.1, -0.05) is 18.2 Å². The molecule has 2 aliphatic heterocycles. The summed E-state index contributed by atoms with van der Waals surface area (Å²) in [5.41, 5.74) is 0.981. The van der Waals surface area contributed by atoms with Gasteiger partial charge in [0, 0.05) is 6.42 Å². The number of hydrogen-bond acceptors (Lipinski definition) is 8. The van der Waals surface area contributed by atoms with Gasteiger partial charge in [0.2, 0.25) is 5.79 Å². The zero-order chi connectivity index (χ0) is 17.3. The van der Waals surface area contributed by atoms with Crippen LogP contribution < -0.4 is 4.74 Å². The molecule has 8 heteroatoms. The minimum absolute atomic E-state index is 0.293. The Kier molecular flexibility index (Phi) is 5.07. The predicted octanol–water partition coefficient (Wildman–Crippen LogP) is -1.48. The zero-order valence-corrected chi connectivity index (χ0v) is 13.0. The van der Waals surface area contributed by atoms with Crippen LogP contribution in [0.15, 0.2) is 24.3 Å². The van der Waals surface area contributed by atoms with Crippen molar-refractivity contribution in [2.45, 2.75) is 49.3 Å². The fourth-order valence-electron chi connectivity index (χ4n) is 2.91. The second-order valence-electron chi connectivity index (χ2n) is 6.16. The van der Waals surface area contributed by atoms with Gasteiger partial charge < -0.3 is 39.7 Å². The first-order chi connectivity index (χ1) is 11.4. The van der Waals surface area contributed by atoms with Crippen LogP contribution in [0.1, 0.15) is 12.0 Å². The van der Waals surface area contributed by atoms with E-state index in [4.69, 9.17) is 19.3 Å². The van der Waals surface area contributed by atoms with E-state index < -0.39 is 43.1 Å². The van der Waals surface area contributed by atoms with Gasteiger partial charge in [0.25, 0.3) is 0 Å². The van der Waals surface area contributed by atoms with E-state index in [0.29, 0.717) is 18.6 Å². The fraction of sp³-hybridized carbons (Fsp3) is 0.625. The molecule has 5 N–H and O–H groups in total. The molecule has 8 nitrogen and oxygen atoms in total. The monoisotopic (exact) mass is 342 g/mol. The largest absolute Gasteiger partial charge is 0.460 e. The van der Waals surface area contributed by atoms with Crippen molar-refractivity contribution in [3.63, 3.8) is 0 Å². The van der Waals surface area contributed by atoms with Crippen molar-refractivity contribution < 1.29 is 39.7 Å². The van der Waals surface area contributed by atoms with Gasteiger partial charge in [-0.05, 0) is 18.1 Å². The minimum Gasteiger partial charge on any atom is -0.460 e. The number of ether oxygens (including phenoxy) is 3. The SMILES string of the molecule is OC[C@H]1O[C@@H](OCC2(O)CCc3ccccc3O2)[C@H](O)[C@@H](O)[C@@H]1O. The van der Waals surface area contributed by atoms with Gasteiger partial charge in [-0.3, -0.25) is 0 Å². The quantitative estimate of drug-likeness (QED) is 0.448. The molecule has 1 fully saturated rings. The zero-order valence-electron chi connectivity index (χ0n) is 13.0. The van der Waals surface area contributed by atoms with E-state index in [-0.39, 0.29) is 6.61 Å². The van der Waals surface area contributed by atoms with Crippen LogP contribution in [0.25, 0.3) is 0 Å². The molecule has 1 saturated heterocycles. The number of rotatable bonds is 4. The fourth-order valence-corrected chi connectivity index (χ4v) is 2.91. The second kappa shape index (κ2) is 6.93. The summed E-state index contributed by atoms with van der Waals surface area (Å²) < 4.78 is 16.2. The summed E-state index contributed by atoms with van der Waals surface area (Å²) in [6, 6.07) is 7.33. The first-order valence-corrected chi connectivity index (χ1v) is 7.85. The van der Waals surface area contributed by atoms with Gasteiger partial charge in [0.15, 0.2) is 6.29 Å². The molecule has 0 bridgehead atoms. The molecule has 1 aromatic rings. The third-order valence-electron chi connectivity index (χ3n) is 4.38. The Morgan fingerprint density at radius 1 is 1.12 bits per heavy atom. The van der Waals surface area contributed by atoms with Gasteiger partial charge in [-0.25, -0.2) is 0 Å². The van der Waals surface area contributed by atoms with E-state index in [1.165, 1.54) is 0 Å². The molecule has 3 rings (SSSR count). The average molecular weight is 342 g/mol. The molecule has 2 heterocycles. The summed E-state index contributed by atoms with van der Waals surface area (Å²) in [5, 5.41) is 49.1. The Balaban J connectivity index is 1.63. The number of para-hydroxylation sites is 1. The predicted molar refractivity (Wildman–Crippen MR) is 80.1 cm³/mol. The van der Waals surface area contributed by atoms with Crippen molar-refractivity contribution in [3.05, 3.63) is 29.8 Å². The summed E-state index contributed by atoms with van der Waals surface area (Å²) in [6.45, 7) is -0.844. The highest BCUT2D eigenvalue weighted by Gasteiger charge is 2.45. The van der Waals surface area contributed by atoms with Crippen molar-refractivity contribution in [2.75, 3.05) is 13.2 Å². The van der Waals surface area contributed by atoms with Crippen LogP contribution in [0.3, 0.4) is 0 Å². The number of benzene rings is 1. The van der Waals surface area contributed by atoms with E-state index in [1.54, 1.807) is 12.1 Å². The summed E-state index contributed by atoms with van der Waals surface area (Å²) in [6.07, 6.45) is -5.95. The van der Waals surface area contributed by atoms with Crippen molar-refractivity contribution in [1.29, 1.82) is 0 Å². The second-order valence-corrected chi connectivity index (χ2v) is 6.16. The first-order valence-electron chi connectivity index (χ1n) is 7.85. The van der Waals surface area contributed by atoms with Crippen molar-refractivity contribution >= 4 is 0 Å². The van der Waals surface area contributed by atoms with E-state index >= 15 is 0 Å². The third kappa shape index (κ3) is 3.40. The van der Waals surface area contributed by atoms with E-state index in [2.05, 4.69) is 0 Å². The topological polar surface area (TPSA) is 129 Å². The van der Waals surface area contributed by atoms with Gasteiger partial charge in [0.1, 0.15) is 36.8 Å². The standard InChI is InChI=1S/C16H22O8/c17-7-11-12(18)13(19)14(20)15(23-11)22-8-16(21)6-5-9-3-1-2-4-10(9)24-16/h1-4,11-15,17-21H,5-8H2/t11-,12-,13+,14-,15-,16?/m1/s1. The maximum Gasteiger partial charge on any atom is 0.232 e. The number of hydrogen-bond donors (Lipinski definition) is 5. The lowest BCUT2D eigenvalue weighted by molar-refractivity contribution is -0.320. The molecular formula is C16H22O8.